The summed E-state index contributed by atoms with van der Waals surface area (Å²) in [5.41, 5.74) is 2.27. The molecule has 4 nitrogen and oxygen atoms in total. The standard InChI is InChI=1S/C22H20N2O2S/c25-20-10-8-17(11-16(20)7-5-14-1-2-14)24-13-23-19-12-18(9-6-15-3-4-15)27-21(19)22(24)26/h8,10-15,25H,1-5,7H2. The molecule has 27 heavy (non-hydrogen) atoms. The van der Waals surface area contributed by atoms with Crippen LogP contribution < -0.4 is 5.56 Å². The van der Waals surface area contributed by atoms with Crippen LogP contribution in [0.3, 0.4) is 0 Å². The number of phenols is 1. The van der Waals surface area contributed by atoms with E-state index in [0.717, 1.165) is 34.9 Å². The minimum Gasteiger partial charge on any atom is -0.508 e. The zero-order valence-electron chi connectivity index (χ0n) is 14.9. The molecule has 1 N–H and O–H groups in total. The molecule has 3 aromatic rings. The van der Waals surface area contributed by atoms with Crippen LogP contribution in [0.4, 0.5) is 0 Å². The van der Waals surface area contributed by atoms with Gasteiger partial charge in [-0.2, -0.15) is 0 Å². The van der Waals surface area contributed by atoms with E-state index in [9.17, 15) is 9.90 Å². The van der Waals surface area contributed by atoms with Gasteiger partial charge >= 0.3 is 0 Å². The van der Waals surface area contributed by atoms with Crippen molar-refractivity contribution >= 4 is 21.6 Å². The second-order valence-electron chi connectivity index (χ2n) is 7.58. The van der Waals surface area contributed by atoms with Gasteiger partial charge in [-0.1, -0.05) is 24.7 Å². The molecule has 0 spiro atoms. The number of aromatic hydroxyl groups is 1. The first kappa shape index (κ1) is 16.6. The molecular weight excluding hydrogens is 356 g/mol. The van der Waals surface area contributed by atoms with E-state index in [-0.39, 0.29) is 5.56 Å². The van der Waals surface area contributed by atoms with Crippen molar-refractivity contribution in [3.8, 4) is 23.3 Å². The normalized spacial score (nSPS) is 16.3. The van der Waals surface area contributed by atoms with Gasteiger partial charge in [0.25, 0.3) is 5.56 Å². The summed E-state index contributed by atoms with van der Waals surface area (Å²) in [6.45, 7) is 0. The molecule has 0 unspecified atom stereocenters. The smallest absolute Gasteiger partial charge is 0.275 e. The van der Waals surface area contributed by atoms with Crippen molar-refractivity contribution in [3.63, 3.8) is 0 Å². The van der Waals surface area contributed by atoms with Crippen molar-refractivity contribution in [1.82, 2.24) is 9.55 Å². The Morgan fingerprint density at radius 2 is 2.07 bits per heavy atom. The van der Waals surface area contributed by atoms with Crippen molar-refractivity contribution < 1.29 is 5.11 Å². The zero-order valence-corrected chi connectivity index (χ0v) is 15.8. The number of rotatable bonds is 4. The lowest BCUT2D eigenvalue weighted by Crippen LogP contribution is -2.17. The first-order valence-corrected chi connectivity index (χ1v) is 10.3. The average molecular weight is 376 g/mol. The monoisotopic (exact) mass is 376 g/mol. The van der Waals surface area contributed by atoms with Crippen LogP contribution in [0.25, 0.3) is 15.9 Å². The Kier molecular flexibility index (Phi) is 4.02. The Morgan fingerprint density at radius 1 is 1.22 bits per heavy atom. The summed E-state index contributed by atoms with van der Waals surface area (Å²) in [5.74, 6) is 8.05. The van der Waals surface area contributed by atoms with Crippen LogP contribution in [0, 0.1) is 23.7 Å². The highest BCUT2D eigenvalue weighted by atomic mass is 32.1. The third-order valence-electron chi connectivity index (χ3n) is 5.27. The minimum atomic E-state index is -0.0803. The summed E-state index contributed by atoms with van der Waals surface area (Å²) in [5, 5.41) is 10.2. The van der Waals surface area contributed by atoms with Gasteiger partial charge in [-0.25, -0.2) is 4.98 Å². The second-order valence-corrected chi connectivity index (χ2v) is 8.64. The molecule has 2 aliphatic rings. The average Bonchev–Trinajstić information content (AvgIpc) is 3.59. The van der Waals surface area contributed by atoms with Gasteiger partial charge in [-0.05, 0) is 61.4 Å². The Morgan fingerprint density at radius 3 is 2.85 bits per heavy atom. The van der Waals surface area contributed by atoms with Crippen LogP contribution >= 0.6 is 11.3 Å². The van der Waals surface area contributed by atoms with Crippen LogP contribution in [0.15, 0.2) is 35.4 Å². The van der Waals surface area contributed by atoms with Gasteiger partial charge in [-0.15, -0.1) is 11.3 Å². The van der Waals surface area contributed by atoms with E-state index in [4.69, 9.17) is 0 Å². The van der Waals surface area contributed by atoms with Gasteiger partial charge in [-0.3, -0.25) is 9.36 Å². The molecular formula is C22H20N2O2S. The van der Waals surface area contributed by atoms with Gasteiger partial charge in [0.15, 0.2) is 0 Å². The minimum absolute atomic E-state index is 0.0803. The maximum atomic E-state index is 13.0. The van der Waals surface area contributed by atoms with Crippen molar-refractivity contribution in [2.24, 2.45) is 11.8 Å². The molecule has 0 saturated heterocycles. The molecule has 0 bridgehead atoms. The lowest BCUT2D eigenvalue weighted by Gasteiger charge is -2.09. The molecule has 2 aliphatic carbocycles. The summed E-state index contributed by atoms with van der Waals surface area (Å²) in [6, 6.07) is 7.26. The lowest BCUT2D eigenvalue weighted by atomic mass is 10.1. The summed E-state index contributed by atoms with van der Waals surface area (Å²) in [4.78, 5) is 18.3. The van der Waals surface area contributed by atoms with Crippen molar-refractivity contribution in [2.45, 2.75) is 38.5 Å². The first-order chi connectivity index (χ1) is 13.2. The van der Waals surface area contributed by atoms with E-state index in [0.29, 0.717) is 21.9 Å². The Bertz CT molecular complexity index is 1140. The van der Waals surface area contributed by atoms with Gasteiger partial charge in [0.1, 0.15) is 16.8 Å². The number of hydrogen-bond acceptors (Lipinski definition) is 4. The lowest BCUT2D eigenvalue weighted by molar-refractivity contribution is 0.466. The summed E-state index contributed by atoms with van der Waals surface area (Å²) < 4.78 is 2.20. The fourth-order valence-corrected chi connectivity index (χ4v) is 4.15. The highest BCUT2D eigenvalue weighted by molar-refractivity contribution is 7.19. The topological polar surface area (TPSA) is 55.1 Å². The summed E-state index contributed by atoms with van der Waals surface area (Å²) >= 11 is 1.41. The molecule has 2 heterocycles. The molecule has 1 aromatic carbocycles. The SMILES string of the molecule is O=c1c2sc(C#CC3CC3)cc2ncn1-c1ccc(O)c(CCC2CC2)c1. The molecule has 5 heteroatoms. The maximum Gasteiger partial charge on any atom is 0.275 e. The summed E-state index contributed by atoms with van der Waals surface area (Å²) in [7, 11) is 0. The fourth-order valence-electron chi connectivity index (χ4n) is 3.25. The molecule has 2 saturated carbocycles. The predicted molar refractivity (Wildman–Crippen MR) is 108 cm³/mol. The molecule has 2 aromatic heterocycles. The molecule has 136 valence electrons. The number of aromatic nitrogens is 2. The van der Waals surface area contributed by atoms with E-state index in [1.165, 1.54) is 37.0 Å². The number of aryl methyl sites for hydroxylation is 1. The highest BCUT2D eigenvalue weighted by Crippen LogP contribution is 2.35. The van der Waals surface area contributed by atoms with E-state index in [2.05, 4.69) is 16.8 Å². The number of benzene rings is 1. The molecule has 0 aliphatic heterocycles. The van der Waals surface area contributed by atoms with Gasteiger partial charge in [0, 0.05) is 5.92 Å². The fraction of sp³-hybridized carbons (Fsp3) is 0.364. The summed E-state index contributed by atoms with van der Waals surface area (Å²) in [6.07, 6.45) is 8.48. The highest BCUT2D eigenvalue weighted by Gasteiger charge is 2.21. The van der Waals surface area contributed by atoms with Crippen LogP contribution in [0.2, 0.25) is 0 Å². The maximum absolute atomic E-state index is 13.0. The largest absolute Gasteiger partial charge is 0.508 e. The van der Waals surface area contributed by atoms with Crippen LogP contribution in [-0.4, -0.2) is 14.7 Å². The number of fused-ring (bicyclic) bond motifs is 1. The quantitative estimate of drug-likeness (QED) is 0.693. The van der Waals surface area contributed by atoms with E-state index < -0.39 is 0 Å². The molecule has 0 radical (unpaired) electrons. The molecule has 5 rings (SSSR count). The number of hydrogen-bond donors (Lipinski definition) is 1. The first-order valence-electron chi connectivity index (χ1n) is 9.52. The molecule has 2 fully saturated rings. The van der Waals surface area contributed by atoms with E-state index >= 15 is 0 Å². The van der Waals surface area contributed by atoms with Crippen LogP contribution in [0.5, 0.6) is 5.75 Å². The molecule has 0 amide bonds. The van der Waals surface area contributed by atoms with Crippen molar-refractivity contribution in [3.05, 3.63) is 51.4 Å². The number of phenolic OH excluding ortho intramolecular Hbond substituents is 1. The third-order valence-corrected chi connectivity index (χ3v) is 6.30. The number of nitrogens with zero attached hydrogens (tertiary/aromatic N) is 2. The van der Waals surface area contributed by atoms with Crippen LogP contribution in [0.1, 0.15) is 42.5 Å². The Balaban J connectivity index is 1.50. The zero-order chi connectivity index (χ0) is 18.4. The van der Waals surface area contributed by atoms with E-state index in [1.54, 1.807) is 23.0 Å². The van der Waals surface area contributed by atoms with E-state index in [1.807, 2.05) is 12.1 Å². The van der Waals surface area contributed by atoms with Gasteiger partial charge < -0.3 is 5.11 Å². The Hall–Kier alpha value is -2.58. The van der Waals surface area contributed by atoms with Crippen molar-refractivity contribution in [1.29, 1.82) is 0 Å². The Labute approximate surface area is 161 Å². The van der Waals surface area contributed by atoms with Crippen LogP contribution in [-0.2, 0) is 6.42 Å². The molecule has 0 atom stereocenters. The third kappa shape index (κ3) is 3.50. The van der Waals surface area contributed by atoms with Crippen molar-refractivity contribution in [2.75, 3.05) is 0 Å². The second kappa shape index (κ2) is 6.54. The van der Waals surface area contributed by atoms with Gasteiger partial charge in [0.2, 0.25) is 0 Å². The number of thiophene rings is 1. The van der Waals surface area contributed by atoms with Gasteiger partial charge in [0.05, 0.1) is 16.1 Å². The predicted octanol–water partition coefficient (Wildman–Crippen LogP) is 4.26.